The van der Waals surface area contributed by atoms with Crippen molar-refractivity contribution in [1.29, 1.82) is 0 Å². The van der Waals surface area contributed by atoms with E-state index in [1.54, 1.807) is 13.2 Å². The Morgan fingerprint density at radius 1 is 1.11 bits per heavy atom. The third-order valence-electron chi connectivity index (χ3n) is 2.85. The van der Waals surface area contributed by atoms with Crippen LogP contribution in [0.3, 0.4) is 0 Å². The van der Waals surface area contributed by atoms with Crippen molar-refractivity contribution in [3.05, 3.63) is 58.6 Å². The maximum absolute atomic E-state index is 8.99. The average molecular weight is 278 g/mol. The lowest BCUT2D eigenvalue weighted by atomic mass is 10.1. The van der Waals surface area contributed by atoms with Crippen LogP contribution in [0, 0.1) is 0 Å². The second kappa shape index (κ2) is 6.45. The number of ether oxygens (including phenoxy) is 1. The van der Waals surface area contributed by atoms with Crippen LogP contribution in [0.4, 0.5) is 5.69 Å². The van der Waals surface area contributed by atoms with E-state index in [2.05, 4.69) is 5.32 Å². The number of rotatable bonds is 5. The van der Waals surface area contributed by atoms with E-state index in [4.69, 9.17) is 21.4 Å². The largest absolute Gasteiger partial charge is 0.495 e. The van der Waals surface area contributed by atoms with Crippen LogP contribution in [0.25, 0.3) is 0 Å². The van der Waals surface area contributed by atoms with Gasteiger partial charge in [-0.3, -0.25) is 0 Å². The van der Waals surface area contributed by atoms with Gasteiger partial charge in [-0.2, -0.15) is 0 Å². The van der Waals surface area contributed by atoms with Gasteiger partial charge in [-0.1, -0.05) is 35.9 Å². The van der Waals surface area contributed by atoms with Crippen molar-refractivity contribution >= 4 is 17.3 Å². The molecule has 3 nitrogen and oxygen atoms in total. The quantitative estimate of drug-likeness (QED) is 0.879. The van der Waals surface area contributed by atoms with Crippen molar-refractivity contribution in [2.75, 3.05) is 12.4 Å². The van der Waals surface area contributed by atoms with Gasteiger partial charge < -0.3 is 15.2 Å². The van der Waals surface area contributed by atoms with Crippen molar-refractivity contribution in [2.24, 2.45) is 0 Å². The maximum atomic E-state index is 8.99. The van der Waals surface area contributed by atoms with E-state index in [9.17, 15) is 0 Å². The monoisotopic (exact) mass is 277 g/mol. The summed E-state index contributed by atoms with van der Waals surface area (Å²) in [6.45, 7) is 0.734. The zero-order valence-electron chi connectivity index (χ0n) is 10.7. The summed E-state index contributed by atoms with van der Waals surface area (Å²) in [6.07, 6.45) is 0. The second-order valence-corrected chi connectivity index (χ2v) is 4.61. The van der Waals surface area contributed by atoms with E-state index >= 15 is 0 Å². The van der Waals surface area contributed by atoms with E-state index in [1.165, 1.54) is 0 Å². The molecule has 0 aliphatic carbocycles. The molecule has 2 N–H and O–H groups in total. The molecule has 2 rings (SSSR count). The summed E-state index contributed by atoms with van der Waals surface area (Å²) in [6, 6.07) is 13.2. The van der Waals surface area contributed by atoms with Crippen LogP contribution in [-0.2, 0) is 13.2 Å². The van der Waals surface area contributed by atoms with E-state index in [0.29, 0.717) is 11.6 Å². The summed E-state index contributed by atoms with van der Waals surface area (Å²) in [4.78, 5) is 0. The third-order valence-corrected chi connectivity index (χ3v) is 3.09. The first-order chi connectivity index (χ1) is 9.22. The van der Waals surface area contributed by atoms with Gasteiger partial charge in [-0.25, -0.2) is 0 Å². The summed E-state index contributed by atoms with van der Waals surface area (Å²) >= 11 is 5.97. The third kappa shape index (κ3) is 3.63. The lowest BCUT2D eigenvalue weighted by molar-refractivity contribution is 0.282. The van der Waals surface area contributed by atoms with Gasteiger partial charge in [-0.05, 0) is 29.3 Å². The molecular formula is C15H16ClNO2. The van der Waals surface area contributed by atoms with Crippen molar-refractivity contribution in [3.8, 4) is 5.75 Å². The molecule has 100 valence electrons. The predicted molar refractivity (Wildman–Crippen MR) is 77.7 cm³/mol. The van der Waals surface area contributed by atoms with Crippen LogP contribution >= 0.6 is 11.6 Å². The zero-order valence-corrected chi connectivity index (χ0v) is 11.4. The Morgan fingerprint density at radius 2 is 1.79 bits per heavy atom. The number of hydrogen-bond acceptors (Lipinski definition) is 3. The highest BCUT2D eigenvalue weighted by atomic mass is 35.5. The van der Waals surface area contributed by atoms with Gasteiger partial charge in [0.2, 0.25) is 0 Å². The fourth-order valence-corrected chi connectivity index (χ4v) is 1.95. The van der Waals surface area contributed by atoms with Crippen LogP contribution < -0.4 is 10.1 Å². The highest BCUT2D eigenvalue weighted by molar-refractivity contribution is 6.30. The minimum absolute atomic E-state index is 0.0653. The van der Waals surface area contributed by atoms with Crippen molar-refractivity contribution < 1.29 is 9.84 Å². The molecule has 19 heavy (non-hydrogen) atoms. The van der Waals surface area contributed by atoms with E-state index in [0.717, 1.165) is 22.6 Å². The Morgan fingerprint density at radius 3 is 2.42 bits per heavy atom. The molecule has 0 fully saturated rings. The summed E-state index contributed by atoms with van der Waals surface area (Å²) in [5.41, 5.74) is 2.89. The van der Waals surface area contributed by atoms with Gasteiger partial charge in [0.25, 0.3) is 0 Å². The van der Waals surface area contributed by atoms with Crippen LogP contribution in [-0.4, -0.2) is 12.2 Å². The standard InChI is InChI=1S/C15H16ClNO2/c1-19-15-7-6-13(16)8-14(15)17-9-11-2-4-12(10-18)5-3-11/h2-8,17-18H,9-10H2,1H3. The Kier molecular flexibility index (Phi) is 4.66. The molecule has 0 bridgehead atoms. The first kappa shape index (κ1) is 13.7. The van der Waals surface area contributed by atoms with Crippen molar-refractivity contribution in [2.45, 2.75) is 13.2 Å². The number of benzene rings is 2. The smallest absolute Gasteiger partial charge is 0.142 e. The lowest BCUT2D eigenvalue weighted by Crippen LogP contribution is -2.01. The van der Waals surface area contributed by atoms with Gasteiger partial charge in [-0.15, -0.1) is 0 Å². The minimum Gasteiger partial charge on any atom is -0.495 e. The Bertz CT molecular complexity index is 540. The molecule has 0 spiro atoms. The maximum Gasteiger partial charge on any atom is 0.142 e. The summed E-state index contributed by atoms with van der Waals surface area (Å²) < 4.78 is 5.27. The van der Waals surface area contributed by atoms with E-state index in [1.807, 2.05) is 36.4 Å². The molecule has 0 aliphatic rings. The van der Waals surface area contributed by atoms with Crippen molar-refractivity contribution in [3.63, 3.8) is 0 Å². The molecule has 0 saturated heterocycles. The molecule has 0 saturated carbocycles. The molecule has 2 aromatic carbocycles. The number of hydrogen-bond donors (Lipinski definition) is 2. The molecule has 2 aromatic rings. The Balaban J connectivity index is 2.07. The highest BCUT2D eigenvalue weighted by Gasteiger charge is 2.03. The molecule has 0 aliphatic heterocycles. The minimum atomic E-state index is 0.0653. The summed E-state index contributed by atoms with van der Waals surface area (Å²) in [5.74, 6) is 0.761. The number of anilines is 1. The second-order valence-electron chi connectivity index (χ2n) is 4.17. The van der Waals surface area contributed by atoms with Crippen molar-refractivity contribution in [1.82, 2.24) is 0 Å². The van der Waals surface area contributed by atoms with Gasteiger partial charge in [0.1, 0.15) is 5.75 Å². The SMILES string of the molecule is COc1ccc(Cl)cc1NCc1ccc(CO)cc1. The molecule has 0 aromatic heterocycles. The van der Waals surface area contributed by atoms with Gasteiger partial charge in [0, 0.05) is 11.6 Å². The zero-order chi connectivity index (χ0) is 13.7. The fourth-order valence-electron chi connectivity index (χ4n) is 1.78. The summed E-state index contributed by atoms with van der Waals surface area (Å²) in [7, 11) is 1.63. The topological polar surface area (TPSA) is 41.5 Å². The highest BCUT2D eigenvalue weighted by Crippen LogP contribution is 2.28. The van der Waals surface area contributed by atoms with Gasteiger partial charge >= 0.3 is 0 Å². The molecule has 0 unspecified atom stereocenters. The molecule has 4 heteroatoms. The number of halogens is 1. The lowest BCUT2D eigenvalue weighted by Gasteiger charge is -2.11. The first-order valence-electron chi connectivity index (χ1n) is 5.99. The number of methoxy groups -OCH3 is 1. The molecular weight excluding hydrogens is 262 g/mol. The van der Waals surface area contributed by atoms with Crippen LogP contribution in [0.5, 0.6) is 5.75 Å². The summed E-state index contributed by atoms with van der Waals surface area (Å²) in [5, 5.41) is 12.9. The van der Waals surface area contributed by atoms with Gasteiger partial charge in [0.15, 0.2) is 0 Å². The van der Waals surface area contributed by atoms with Crippen LogP contribution in [0.1, 0.15) is 11.1 Å². The molecule has 0 heterocycles. The number of aliphatic hydroxyl groups is 1. The average Bonchev–Trinajstić information content (AvgIpc) is 2.46. The van der Waals surface area contributed by atoms with E-state index in [-0.39, 0.29) is 6.61 Å². The number of aliphatic hydroxyl groups excluding tert-OH is 1. The molecule has 0 atom stereocenters. The van der Waals surface area contributed by atoms with Crippen LogP contribution in [0.15, 0.2) is 42.5 Å². The van der Waals surface area contributed by atoms with Crippen LogP contribution in [0.2, 0.25) is 5.02 Å². The fraction of sp³-hybridized carbons (Fsp3) is 0.200. The van der Waals surface area contributed by atoms with Gasteiger partial charge in [0.05, 0.1) is 19.4 Å². The molecule has 0 radical (unpaired) electrons. The first-order valence-corrected chi connectivity index (χ1v) is 6.37. The van der Waals surface area contributed by atoms with E-state index < -0.39 is 0 Å². The number of nitrogens with one attached hydrogen (secondary N) is 1. The normalized spacial score (nSPS) is 10.3. The Labute approximate surface area is 117 Å². The molecule has 0 amide bonds. The Hall–Kier alpha value is -1.71. The predicted octanol–water partition coefficient (Wildman–Crippen LogP) is 3.45.